The highest BCUT2D eigenvalue weighted by molar-refractivity contribution is 5.63. The highest BCUT2D eigenvalue weighted by Gasteiger charge is 2.11. The van der Waals surface area contributed by atoms with Crippen LogP contribution in [0, 0.1) is 13.8 Å². The number of benzene rings is 1. The number of aryl methyl sites for hydroxylation is 2. The van der Waals surface area contributed by atoms with E-state index in [2.05, 4.69) is 46.5 Å². The van der Waals surface area contributed by atoms with Crippen molar-refractivity contribution in [2.24, 2.45) is 0 Å². The van der Waals surface area contributed by atoms with Crippen molar-refractivity contribution in [1.82, 2.24) is 24.6 Å². The van der Waals surface area contributed by atoms with Gasteiger partial charge in [-0.2, -0.15) is 10.1 Å². The van der Waals surface area contributed by atoms with Crippen LogP contribution in [0.15, 0.2) is 42.5 Å². The predicted molar refractivity (Wildman–Crippen MR) is 106 cm³/mol. The van der Waals surface area contributed by atoms with E-state index in [1.165, 1.54) is 0 Å². The number of hydrogen-bond donors (Lipinski definition) is 1. The first-order chi connectivity index (χ1) is 12.5. The van der Waals surface area contributed by atoms with Crippen LogP contribution in [0.5, 0.6) is 0 Å². The van der Waals surface area contributed by atoms with Crippen molar-refractivity contribution < 1.29 is 0 Å². The van der Waals surface area contributed by atoms with Gasteiger partial charge in [0.25, 0.3) is 5.95 Å². The first kappa shape index (κ1) is 18.1. The summed E-state index contributed by atoms with van der Waals surface area (Å²) in [6, 6.07) is 14.2. The van der Waals surface area contributed by atoms with Crippen molar-refractivity contribution in [3.05, 3.63) is 53.9 Å². The molecule has 0 fully saturated rings. The van der Waals surface area contributed by atoms with E-state index in [1.54, 1.807) is 4.68 Å². The maximum absolute atomic E-state index is 4.75. The highest BCUT2D eigenvalue weighted by Crippen LogP contribution is 2.21. The second kappa shape index (κ2) is 8.10. The van der Waals surface area contributed by atoms with Crippen LogP contribution in [0.2, 0.25) is 0 Å². The lowest BCUT2D eigenvalue weighted by molar-refractivity contribution is 0.405. The summed E-state index contributed by atoms with van der Waals surface area (Å²) < 4.78 is 1.80. The molecule has 0 unspecified atom stereocenters. The van der Waals surface area contributed by atoms with Crippen LogP contribution in [-0.4, -0.2) is 51.8 Å². The number of nitrogens with one attached hydrogen (secondary N) is 1. The molecule has 0 saturated heterocycles. The summed E-state index contributed by atoms with van der Waals surface area (Å²) in [5, 5.41) is 7.96. The van der Waals surface area contributed by atoms with Gasteiger partial charge in [-0.05, 0) is 47.0 Å². The third kappa shape index (κ3) is 4.46. The second-order valence-electron chi connectivity index (χ2n) is 6.73. The molecule has 0 bridgehead atoms. The van der Waals surface area contributed by atoms with E-state index < -0.39 is 0 Å². The Balaban J connectivity index is 1.93. The lowest BCUT2D eigenvalue weighted by Crippen LogP contribution is -2.17. The maximum atomic E-state index is 4.75. The molecule has 6 nitrogen and oxygen atoms in total. The summed E-state index contributed by atoms with van der Waals surface area (Å²) in [6.45, 7) is 5.89. The fourth-order valence-electron chi connectivity index (χ4n) is 2.82. The van der Waals surface area contributed by atoms with Crippen molar-refractivity contribution in [3.63, 3.8) is 0 Å². The van der Waals surface area contributed by atoms with Crippen molar-refractivity contribution >= 4 is 5.82 Å². The topological polar surface area (TPSA) is 58.9 Å². The molecular formula is C20H26N6. The molecular weight excluding hydrogens is 324 g/mol. The third-order valence-corrected chi connectivity index (χ3v) is 4.07. The van der Waals surface area contributed by atoms with Crippen molar-refractivity contribution in [3.8, 4) is 17.2 Å². The molecule has 2 heterocycles. The van der Waals surface area contributed by atoms with Gasteiger partial charge >= 0.3 is 0 Å². The summed E-state index contributed by atoms with van der Waals surface area (Å²) >= 11 is 0. The van der Waals surface area contributed by atoms with Gasteiger partial charge in [0.05, 0.1) is 11.4 Å². The zero-order valence-electron chi connectivity index (χ0n) is 15.9. The molecule has 0 radical (unpaired) electrons. The summed E-state index contributed by atoms with van der Waals surface area (Å²) in [5.74, 6) is 1.41. The zero-order valence-corrected chi connectivity index (χ0v) is 15.9. The van der Waals surface area contributed by atoms with Crippen molar-refractivity contribution in [2.45, 2.75) is 20.3 Å². The van der Waals surface area contributed by atoms with E-state index in [0.29, 0.717) is 5.95 Å². The molecule has 6 heteroatoms. The summed E-state index contributed by atoms with van der Waals surface area (Å²) in [4.78, 5) is 11.6. The van der Waals surface area contributed by atoms with Crippen LogP contribution in [0.1, 0.15) is 17.8 Å². The highest BCUT2D eigenvalue weighted by atomic mass is 15.4. The minimum atomic E-state index is 0.590. The molecule has 26 heavy (non-hydrogen) atoms. The summed E-state index contributed by atoms with van der Waals surface area (Å²) in [7, 11) is 4.16. The average molecular weight is 350 g/mol. The molecule has 0 spiro atoms. The average Bonchev–Trinajstić information content (AvgIpc) is 2.97. The first-order valence-corrected chi connectivity index (χ1v) is 8.89. The molecule has 1 N–H and O–H groups in total. The Bertz CT molecular complexity index is 854. The Morgan fingerprint density at radius 2 is 1.81 bits per heavy atom. The molecule has 0 atom stereocenters. The Hall–Kier alpha value is -2.73. The minimum absolute atomic E-state index is 0.590. The second-order valence-corrected chi connectivity index (χ2v) is 6.73. The van der Waals surface area contributed by atoms with Crippen LogP contribution < -0.4 is 5.32 Å². The minimum Gasteiger partial charge on any atom is -0.370 e. The van der Waals surface area contributed by atoms with E-state index in [-0.39, 0.29) is 0 Å². The number of rotatable bonds is 7. The zero-order chi connectivity index (χ0) is 18.5. The Labute approximate surface area is 154 Å². The summed E-state index contributed by atoms with van der Waals surface area (Å²) in [6.07, 6.45) is 1.05. The quantitative estimate of drug-likeness (QED) is 0.663. The molecule has 136 valence electrons. The number of hydrogen-bond acceptors (Lipinski definition) is 5. The lowest BCUT2D eigenvalue weighted by atomic mass is 10.1. The van der Waals surface area contributed by atoms with Crippen LogP contribution in [0.3, 0.4) is 0 Å². The third-order valence-electron chi connectivity index (χ3n) is 4.07. The van der Waals surface area contributed by atoms with E-state index in [1.807, 2.05) is 44.2 Å². The molecule has 3 rings (SSSR count). The van der Waals surface area contributed by atoms with Gasteiger partial charge in [0.2, 0.25) is 0 Å². The van der Waals surface area contributed by atoms with Crippen LogP contribution in [0.4, 0.5) is 5.82 Å². The molecule has 1 aromatic carbocycles. The van der Waals surface area contributed by atoms with Gasteiger partial charge in [-0.3, -0.25) is 0 Å². The number of aromatic nitrogens is 4. The van der Waals surface area contributed by atoms with Gasteiger partial charge in [0, 0.05) is 23.9 Å². The van der Waals surface area contributed by atoms with Gasteiger partial charge in [0.1, 0.15) is 5.82 Å². The van der Waals surface area contributed by atoms with Gasteiger partial charge in [-0.1, -0.05) is 30.3 Å². The molecule has 0 aliphatic heterocycles. The molecule has 2 aromatic heterocycles. The van der Waals surface area contributed by atoms with Crippen LogP contribution >= 0.6 is 0 Å². The Kier molecular flexibility index (Phi) is 5.63. The standard InChI is InChI=1S/C20H26N6/c1-15-13-16(2)26(24-15)20-22-18(17-9-6-5-7-10-17)14-19(23-20)21-11-8-12-25(3)4/h5-7,9-10,13-14H,8,11-12H2,1-4H3,(H,21,22,23). The molecule has 0 aliphatic carbocycles. The van der Waals surface area contributed by atoms with Crippen molar-refractivity contribution in [2.75, 3.05) is 32.5 Å². The number of nitrogens with zero attached hydrogens (tertiary/aromatic N) is 5. The number of anilines is 1. The van der Waals surface area contributed by atoms with E-state index >= 15 is 0 Å². The monoisotopic (exact) mass is 350 g/mol. The van der Waals surface area contributed by atoms with E-state index in [4.69, 9.17) is 4.98 Å². The molecule has 0 aliphatic rings. The smallest absolute Gasteiger partial charge is 0.253 e. The fraction of sp³-hybridized carbons (Fsp3) is 0.350. The molecule has 3 aromatic rings. The molecule has 0 amide bonds. The fourth-order valence-corrected chi connectivity index (χ4v) is 2.82. The largest absolute Gasteiger partial charge is 0.370 e. The van der Waals surface area contributed by atoms with Gasteiger partial charge in [-0.25, -0.2) is 9.67 Å². The SMILES string of the molecule is Cc1cc(C)n(-c2nc(NCCCN(C)C)cc(-c3ccccc3)n2)n1. The van der Waals surface area contributed by atoms with E-state index in [9.17, 15) is 0 Å². The van der Waals surface area contributed by atoms with Gasteiger partial charge in [0.15, 0.2) is 0 Å². The van der Waals surface area contributed by atoms with Crippen LogP contribution in [-0.2, 0) is 0 Å². The van der Waals surface area contributed by atoms with Gasteiger partial charge < -0.3 is 10.2 Å². The molecule has 0 saturated carbocycles. The van der Waals surface area contributed by atoms with Gasteiger partial charge in [-0.15, -0.1) is 0 Å². The normalized spacial score (nSPS) is 11.1. The van der Waals surface area contributed by atoms with Crippen molar-refractivity contribution in [1.29, 1.82) is 0 Å². The Morgan fingerprint density at radius 1 is 1.04 bits per heavy atom. The van der Waals surface area contributed by atoms with E-state index in [0.717, 1.165) is 48.0 Å². The Morgan fingerprint density at radius 3 is 2.46 bits per heavy atom. The lowest BCUT2D eigenvalue weighted by Gasteiger charge is -2.12. The first-order valence-electron chi connectivity index (χ1n) is 8.89. The van der Waals surface area contributed by atoms with Crippen LogP contribution in [0.25, 0.3) is 17.2 Å². The summed E-state index contributed by atoms with van der Waals surface area (Å²) in [5.41, 5.74) is 3.93. The maximum Gasteiger partial charge on any atom is 0.253 e. The predicted octanol–water partition coefficient (Wildman–Crippen LogP) is 3.31.